The lowest BCUT2D eigenvalue weighted by molar-refractivity contribution is -0.138. The molecule has 1 rings (SSSR count). The Balaban J connectivity index is 2.41. The third-order valence-corrected chi connectivity index (χ3v) is 2.40. The van der Waals surface area contributed by atoms with Crippen molar-refractivity contribution in [1.82, 2.24) is 15.6 Å². The standard InChI is InChI=1S/C12H19N3O4/c1-4-8-6-13-9(19-8)7-14-11(18)15-12(2,3)5-10(16)17/h6H,4-5,7H2,1-3H3,(H,16,17)(H2,14,15,18). The number of nitrogens with one attached hydrogen (secondary N) is 2. The lowest BCUT2D eigenvalue weighted by atomic mass is 10.0. The van der Waals surface area contributed by atoms with Gasteiger partial charge in [0.15, 0.2) is 0 Å². The molecule has 0 spiro atoms. The second kappa shape index (κ2) is 6.21. The first-order valence-electron chi connectivity index (χ1n) is 6.04. The summed E-state index contributed by atoms with van der Waals surface area (Å²) in [4.78, 5) is 26.2. The van der Waals surface area contributed by atoms with Gasteiger partial charge in [-0.2, -0.15) is 0 Å². The molecule has 0 atom stereocenters. The summed E-state index contributed by atoms with van der Waals surface area (Å²) in [6.45, 7) is 5.38. The summed E-state index contributed by atoms with van der Waals surface area (Å²) in [5, 5.41) is 13.8. The van der Waals surface area contributed by atoms with Crippen molar-refractivity contribution < 1.29 is 19.1 Å². The van der Waals surface area contributed by atoms with Gasteiger partial charge in [-0.05, 0) is 13.8 Å². The number of rotatable bonds is 6. The zero-order chi connectivity index (χ0) is 14.5. The maximum atomic E-state index is 11.6. The quantitative estimate of drug-likeness (QED) is 0.721. The molecule has 0 saturated carbocycles. The van der Waals surface area contributed by atoms with Gasteiger partial charge >= 0.3 is 12.0 Å². The van der Waals surface area contributed by atoms with Crippen LogP contribution in [0.25, 0.3) is 0 Å². The first kappa shape index (κ1) is 15.0. The Hall–Kier alpha value is -2.05. The molecule has 0 saturated heterocycles. The molecule has 0 unspecified atom stereocenters. The van der Waals surface area contributed by atoms with Crippen LogP contribution in [0.3, 0.4) is 0 Å². The summed E-state index contributed by atoms with van der Waals surface area (Å²) in [5.74, 6) is 0.206. The molecule has 19 heavy (non-hydrogen) atoms. The SMILES string of the molecule is CCc1cnc(CNC(=O)NC(C)(C)CC(=O)O)o1. The number of hydrogen-bond acceptors (Lipinski definition) is 4. The summed E-state index contributed by atoms with van der Waals surface area (Å²) in [6.07, 6.45) is 2.20. The van der Waals surface area contributed by atoms with Crippen molar-refractivity contribution in [2.75, 3.05) is 0 Å². The summed E-state index contributed by atoms with van der Waals surface area (Å²) in [6, 6.07) is -0.456. The minimum absolute atomic E-state index is 0.153. The molecule has 1 aromatic heterocycles. The Kier molecular flexibility index (Phi) is 4.91. The fourth-order valence-electron chi connectivity index (χ4n) is 1.52. The molecule has 0 aromatic carbocycles. The predicted octanol–water partition coefficient (Wildman–Crippen LogP) is 1.29. The number of carboxylic acid groups (broad SMARTS) is 1. The molecule has 0 radical (unpaired) electrons. The van der Waals surface area contributed by atoms with Crippen LogP contribution in [0.2, 0.25) is 0 Å². The van der Waals surface area contributed by atoms with E-state index in [1.165, 1.54) is 0 Å². The highest BCUT2D eigenvalue weighted by molar-refractivity contribution is 5.76. The van der Waals surface area contributed by atoms with E-state index >= 15 is 0 Å². The van der Waals surface area contributed by atoms with Crippen LogP contribution < -0.4 is 10.6 Å². The molecule has 7 heteroatoms. The van der Waals surface area contributed by atoms with Gasteiger partial charge in [-0.25, -0.2) is 9.78 Å². The van der Waals surface area contributed by atoms with E-state index in [-0.39, 0.29) is 13.0 Å². The van der Waals surface area contributed by atoms with Crippen LogP contribution in [0.1, 0.15) is 38.8 Å². The Morgan fingerprint density at radius 1 is 1.47 bits per heavy atom. The van der Waals surface area contributed by atoms with E-state index < -0.39 is 17.5 Å². The molecule has 0 bridgehead atoms. The molecule has 1 heterocycles. The Morgan fingerprint density at radius 3 is 2.68 bits per heavy atom. The van der Waals surface area contributed by atoms with Crippen LogP contribution in [0.4, 0.5) is 4.79 Å². The molecule has 0 aliphatic heterocycles. The minimum atomic E-state index is -0.967. The number of aryl methyl sites for hydroxylation is 1. The normalized spacial score (nSPS) is 11.1. The average molecular weight is 269 g/mol. The van der Waals surface area contributed by atoms with Crippen LogP contribution in [0, 0.1) is 0 Å². The zero-order valence-electron chi connectivity index (χ0n) is 11.3. The van der Waals surface area contributed by atoms with Crippen molar-refractivity contribution in [3.8, 4) is 0 Å². The monoisotopic (exact) mass is 269 g/mol. The Bertz CT molecular complexity index is 454. The fourth-order valence-corrected chi connectivity index (χ4v) is 1.52. The summed E-state index contributed by atoms with van der Waals surface area (Å²) in [5.41, 5.74) is -0.818. The van der Waals surface area contributed by atoms with E-state index in [1.54, 1.807) is 20.0 Å². The summed E-state index contributed by atoms with van der Waals surface area (Å²) >= 11 is 0. The van der Waals surface area contributed by atoms with E-state index in [2.05, 4.69) is 15.6 Å². The van der Waals surface area contributed by atoms with Crippen molar-refractivity contribution in [1.29, 1.82) is 0 Å². The Labute approximate surface area is 111 Å². The lowest BCUT2D eigenvalue weighted by Gasteiger charge is -2.24. The van der Waals surface area contributed by atoms with Crippen LogP contribution in [-0.4, -0.2) is 27.6 Å². The number of carbonyl (C=O) groups excluding carboxylic acids is 1. The molecule has 0 aliphatic rings. The highest BCUT2D eigenvalue weighted by Crippen LogP contribution is 2.08. The third kappa shape index (κ3) is 5.41. The van der Waals surface area contributed by atoms with Gasteiger partial charge in [-0.3, -0.25) is 4.79 Å². The van der Waals surface area contributed by atoms with Crippen molar-refractivity contribution in [3.63, 3.8) is 0 Å². The summed E-state index contributed by atoms with van der Waals surface area (Å²) in [7, 11) is 0. The van der Waals surface area contributed by atoms with E-state index in [9.17, 15) is 9.59 Å². The second-order valence-electron chi connectivity index (χ2n) is 4.84. The molecule has 3 N–H and O–H groups in total. The van der Waals surface area contributed by atoms with Gasteiger partial charge < -0.3 is 20.2 Å². The topological polar surface area (TPSA) is 104 Å². The van der Waals surface area contributed by atoms with Gasteiger partial charge in [0.2, 0.25) is 5.89 Å². The number of carboxylic acids is 1. The predicted molar refractivity (Wildman–Crippen MR) is 67.6 cm³/mol. The van der Waals surface area contributed by atoms with Gasteiger partial charge in [0.05, 0.1) is 19.2 Å². The molecule has 2 amide bonds. The van der Waals surface area contributed by atoms with E-state index in [4.69, 9.17) is 9.52 Å². The van der Waals surface area contributed by atoms with Gasteiger partial charge in [0.1, 0.15) is 5.76 Å². The van der Waals surface area contributed by atoms with E-state index in [0.29, 0.717) is 5.89 Å². The number of carbonyl (C=O) groups is 2. The van der Waals surface area contributed by atoms with Crippen molar-refractivity contribution in [2.24, 2.45) is 0 Å². The number of oxazole rings is 1. The molecule has 106 valence electrons. The highest BCUT2D eigenvalue weighted by atomic mass is 16.4. The molecular formula is C12H19N3O4. The third-order valence-electron chi connectivity index (χ3n) is 2.40. The van der Waals surface area contributed by atoms with Crippen LogP contribution in [-0.2, 0) is 17.8 Å². The van der Waals surface area contributed by atoms with Crippen LogP contribution >= 0.6 is 0 Å². The maximum Gasteiger partial charge on any atom is 0.315 e. The second-order valence-corrected chi connectivity index (χ2v) is 4.84. The zero-order valence-corrected chi connectivity index (χ0v) is 11.3. The molecule has 1 aromatic rings. The van der Waals surface area contributed by atoms with Gasteiger partial charge in [0, 0.05) is 12.0 Å². The first-order valence-corrected chi connectivity index (χ1v) is 6.04. The maximum absolute atomic E-state index is 11.6. The van der Waals surface area contributed by atoms with E-state index in [0.717, 1.165) is 12.2 Å². The van der Waals surface area contributed by atoms with Crippen molar-refractivity contribution in [2.45, 2.75) is 45.7 Å². The van der Waals surface area contributed by atoms with Crippen LogP contribution in [0.5, 0.6) is 0 Å². The van der Waals surface area contributed by atoms with Gasteiger partial charge in [-0.15, -0.1) is 0 Å². The molecular weight excluding hydrogens is 250 g/mol. The number of aliphatic carboxylic acids is 1. The van der Waals surface area contributed by atoms with Crippen molar-refractivity contribution in [3.05, 3.63) is 17.8 Å². The minimum Gasteiger partial charge on any atom is -0.481 e. The number of hydrogen-bond donors (Lipinski definition) is 3. The highest BCUT2D eigenvalue weighted by Gasteiger charge is 2.23. The Morgan fingerprint density at radius 2 is 2.16 bits per heavy atom. The fraction of sp³-hybridized carbons (Fsp3) is 0.583. The first-order chi connectivity index (χ1) is 8.82. The molecule has 0 aliphatic carbocycles. The summed E-state index contributed by atoms with van der Waals surface area (Å²) < 4.78 is 5.33. The molecule has 7 nitrogen and oxygen atoms in total. The lowest BCUT2D eigenvalue weighted by Crippen LogP contribution is -2.49. The van der Waals surface area contributed by atoms with Gasteiger partial charge in [0.25, 0.3) is 0 Å². The smallest absolute Gasteiger partial charge is 0.315 e. The largest absolute Gasteiger partial charge is 0.481 e. The van der Waals surface area contributed by atoms with Crippen LogP contribution in [0.15, 0.2) is 10.6 Å². The number of aromatic nitrogens is 1. The number of urea groups is 1. The van der Waals surface area contributed by atoms with Gasteiger partial charge in [-0.1, -0.05) is 6.92 Å². The molecule has 0 fully saturated rings. The average Bonchev–Trinajstić information content (AvgIpc) is 2.71. The number of nitrogens with zero attached hydrogens (tertiary/aromatic N) is 1. The number of amides is 2. The van der Waals surface area contributed by atoms with Crippen molar-refractivity contribution >= 4 is 12.0 Å². The van der Waals surface area contributed by atoms with E-state index in [1.807, 2.05) is 6.92 Å².